The summed E-state index contributed by atoms with van der Waals surface area (Å²) in [6.07, 6.45) is 5.00. The van der Waals surface area contributed by atoms with Crippen molar-refractivity contribution in [2.45, 2.75) is 78.2 Å². The average Bonchev–Trinajstić information content (AvgIpc) is 2.80. The number of unbranched alkanes of at least 4 members (excludes halogenated alkanes) is 2. The van der Waals surface area contributed by atoms with Crippen molar-refractivity contribution in [1.82, 2.24) is 4.98 Å². The topological polar surface area (TPSA) is 42.1 Å². The lowest BCUT2D eigenvalue weighted by molar-refractivity contribution is -0.155. The van der Waals surface area contributed by atoms with Gasteiger partial charge in [0.1, 0.15) is 5.60 Å². The van der Waals surface area contributed by atoms with Crippen LogP contribution in [0.4, 0.5) is 0 Å². The minimum absolute atomic E-state index is 0.103. The van der Waals surface area contributed by atoms with Crippen LogP contribution in [0.1, 0.15) is 77.0 Å². The van der Waals surface area contributed by atoms with Crippen LogP contribution in [-0.2, 0) is 9.53 Å². The van der Waals surface area contributed by atoms with E-state index in [1.165, 1.54) is 29.5 Å². The molecule has 1 atom stereocenters. The Bertz CT molecular complexity index is 679. The van der Waals surface area contributed by atoms with Gasteiger partial charge in [-0.25, -0.2) is 0 Å². The Morgan fingerprint density at radius 3 is 2.58 bits per heavy atom. The molecule has 0 saturated carbocycles. The van der Waals surface area contributed by atoms with Crippen molar-refractivity contribution in [3.63, 3.8) is 0 Å². The first kappa shape index (κ1) is 18.6. The van der Waals surface area contributed by atoms with Crippen molar-refractivity contribution < 1.29 is 9.53 Å². The van der Waals surface area contributed by atoms with Crippen molar-refractivity contribution >= 4 is 16.9 Å². The standard InChI is InChI=1S/C21H31NO2/c1-6-7-8-11-16(14-19(23)24-21(3,4)5)20-15(2)22-18-13-10-9-12-17(18)20/h9-10,12-13,16,22H,6-8,11,14H2,1-5H3. The summed E-state index contributed by atoms with van der Waals surface area (Å²) in [6, 6.07) is 8.36. The lowest BCUT2D eigenvalue weighted by atomic mass is 9.88. The highest BCUT2D eigenvalue weighted by Gasteiger charge is 2.24. The fourth-order valence-corrected chi connectivity index (χ4v) is 3.40. The van der Waals surface area contributed by atoms with Gasteiger partial charge < -0.3 is 9.72 Å². The van der Waals surface area contributed by atoms with Crippen LogP contribution in [0.3, 0.4) is 0 Å². The maximum atomic E-state index is 12.4. The fraction of sp³-hybridized carbons (Fsp3) is 0.571. The summed E-state index contributed by atoms with van der Waals surface area (Å²) in [5.41, 5.74) is 3.17. The fourth-order valence-electron chi connectivity index (χ4n) is 3.40. The smallest absolute Gasteiger partial charge is 0.306 e. The third-order valence-electron chi connectivity index (χ3n) is 4.34. The molecule has 0 aliphatic rings. The summed E-state index contributed by atoms with van der Waals surface area (Å²) in [4.78, 5) is 15.9. The van der Waals surface area contributed by atoms with Crippen molar-refractivity contribution in [1.29, 1.82) is 0 Å². The lowest BCUT2D eigenvalue weighted by Crippen LogP contribution is -2.25. The molecule has 132 valence electrons. The highest BCUT2D eigenvalue weighted by Crippen LogP contribution is 2.35. The summed E-state index contributed by atoms with van der Waals surface area (Å²) in [7, 11) is 0. The molecule has 1 aromatic heterocycles. The summed E-state index contributed by atoms with van der Waals surface area (Å²) in [6.45, 7) is 10.1. The molecule has 2 rings (SSSR count). The highest BCUT2D eigenvalue weighted by molar-refractivity contribution is 5.86. The number of aromatic amines is 1. The molecule has 1 aromatic carbocycles. The van der Waals surface area contributed by atoms with Crippen LogP contribution in [0.25, 0.3) is 10.9 Å². The van der Waals surface area contributed by atoms with Crippen LogP contribution >= 0.6 is 0 Å². The number of carbonyl (C=O) groups is 1. The molecule has 0 aliphatic carbocycles. The molecule has 0 amide bonds. The molecule has 1 N–H and O–H groups in total. The molecule has 0 bridgehead atoms. The van der Waals surface area contributed by atoms with Crippen LogP contribution in [0.2, 0.25) is 0 Å². The Kier molecular flexibility index (Phi) is 6.09. The van der Waals surface area contributed by atoms with Gasteiger partial charge in [-0.3, -0.25) is 4.79 Å². The van der Waals surface area contributed by atoms with Crippen LogP contribution in [0.15, 0.2) is 24.3 Å². The number of hydrogen-bond donors (Lipinski definition) is 1. The second kappa shape index (κ2) is 7.87. The van der Waals surface area contributed by atoms with Gasteiger partial charge in [-0.15, -0.1) is 0 Å². The number of hydrogen-bond acceptors (Lipinski definition) is 2. The molecule has 2 aromatic rings. The molecule has 1 heterocycles. The highest BCUT2D eigenvalue weighted by atomic mass is 16.6. The third kappa shape index (κ3) is 4.86. The van der Waals surface area contributed by atoms with Crippen molar-refractivity contribution in [3.8, 4) is 0 Å². The zero-order valence-corrected chi connectivity index (χ0v) is 15.7. The minimum Gasteiger partial charge on any atom is -0.460 e. The predicted molar refractivity (Wildman–Crippen MR) is 100 cm³/mol. The van der Waals surface area contributed by atoms with Gasteiger partial charge in [-0.05, 0) is 51.7 Å². The summed E-state index contributed by atoms with van der Waals surface area (Å²) >= 11 is 0. The van der Waals surface area contributed by atoms with Crippen molar-refractivity contribution in [2.24, 2.45) is 0 Å². The quantitative estimate of drug-likeness (QED) is 0.509. The van der Waals surface area contributed by atoms with E-state index < -0.39 is 5.60 Å². The van der Waals surface area contributed by atoms with Crippen LogP contribution in [-0.4, -0.2) is 16.6 Å². The van der Waals surface area contributed by atoms with Gasteiger partial charge in [0.15, 0.2) is 0 Å². The van der Waals surface area contributed by atoms with E-state index in [2.05, 4.69) is 37.0 Å². The van der Waals surface area contributed by atoms with E-state index in [0.29, 0.717) is 6.42 Å². The third-order valence-corrected chi connectivity index (χ3v) is 4.34. The Morgan fingerprint density at radius 1 is 1.21 bits per heavy atom. The summed E-state index contributed by atoms with van der Waals surface area (Å²) in [5.74, 6) is 0.108. The number of aromatic nitrogens is 1. The molecule has 0 aliphatic heterocycles. The van der Waals surface area contributed by atoms with Crippen molar-refractivity contribution in [2.75, 3.05) is 0 Å². The zero-order chi connectivity index (χ0) is 17.7. The number of H-pyrrole nitrogens is 1. The van der Waals surface area contributed by atoms with Crippen LogP contribution in [0, 0.1) is 6.92 Å². The monoisotopic (exact) mass is 329 g/mol. The Morgan fingerprint density at radius 2 is 1.92 bits per heavy atom. The molecule has 0 saturated heterocycles. The second-order valence-electron chi connectivity index (χ2n) is 7.69. The molecule has 0 fully saturated rings. The molecule has 3 nitrogen and oxygen atoms in total. The Labute approximate surface area is 145 Å². The van der Waals surface area contributed by atoms with Gasteiger partial charge in [-0.2, -0.15) is 0 Å². The molecule has 0 spiro atoms. The van der Waals surface area contributed by atoms with Gasteiger partial charge in [0.2, 0.25) is 0 Å². The maximum Gasteiger partial charge on any atom is 0.306 e. The normalized spacial score (nSPS) is 13.2. The summed E-state index contributed by atoms with van der Waals surface area (Å²) in [5, 5.41) is 1.24. The van der Waals surface area contributed by atoms with E-state index in [9.17, 15) is 4.79 Å². The minimum atomic E-state index is -0.430. The van der Waals surface area contributed by atoms with E-state index in [1.54, 1.807) is 0 Å². The predicted octanol–water partition coefficient (Wildman–Crippen LogP) is 5.87. The van der Waals surface area contributed by atoms with E-state index >= 15 is 0 Å². The number of benzene rings is 1. The number of para-hydroxylation sites is 1. The number of rotatable bonds is 7. The van der Waals surface area contributed by atoms with Gasteiger partial charge in [-0.1, -0.05) is 44.4 Å². The first-order valence-corrected chi connectivity index (χ1v) is 9.11. The number of nitrogens with one attached hydrogen (secondary N) is 1. The number of esters is 1. The first-order valence-electron chi connectivity index (χ1n) is 9.11. The van der Waals surface area contributed by atoms with Gasteiger partial charge in [0.05, 0.1) is 6.42 Å². The van der Waals surface area contributed by atoms with Gasteiger partial charge in [0.25, 0.3) is 0 Å². The average molecular weight is 329 g/mol. The number of aryl methyl sites for hydroxylation is 1. The zero-order valence-electron chi connectivity index (χ0n) is 15.7. The van der Waals surface area contributed by atoms with Gasteiger partial charge in [0, 0.05) is 16.6 Å². The van der Waals surface area contributed by atoms with E-state index in [0.717, 1.165) is 18.4 Å². The number of ether oxygens (including phenoxy) is 1. The molecule has 3 heteroatoms. The number of carbonyl (C=O) groups excluding carboxylic acids is 1. The largest absolute Gasteiger partial charge is 0.460 e. The molecule has 1 unspecified atom stereocenters. The van der Waals surface area contributed by atoms with Gasteiger partial charge >= 0.3 is 5.97 Å². The van der Waals surface area contributed by atoms with E-state index in [4.69, 9.17) is 4.74 Å². The maximum absolute atomic E-state index is 12.4. The number of fused-ring (bicyclic) bond motifs is 1. The molecular formula is C21H31NO2. The Hall–Kier alpha value is -1.77. The summed E-state index contributed by atoms with van der Waals surface area (Å²) < 4.78 is 5.58. The van der Waals surface area contributed by atoms with Crippen LogP contribution in [0.5, 0.6) is 0 Å². The first-order chi connectivity index (χ1) is 11.3. The molecule has 0 radical (unpaired) electrons. The van der Waals surface area contributed by atoms with Crippen molar-refractivity contribution in [3.05, 3.63) is 35.5 Å². The van der Waals surface area contributed by atoms with E-state index in [1.807, 2.05) is 26.8 Å². The van der Waals surface area contributed by atoms with E-state index in [-0.39, 0.29) is 11.9 Å². The molecule has 24 heavy (non-hydrogen) atoms. The SMILES string of the molecule is CCCCCC(CC(=O)OC(C)(C)C)c1c(C)[nH]c2ccccc12. The molecular weight excluding hydrogens is 298 g/mol. The second-order valence-corrected chi connectivity index (χ2v) is 7.69. The Balaban J connectivity index is 2.27. The van der Waals surface area contributed by atoms with Crippen LogP contribution < -0.4 is 0 Å². The lowest BCUT2D eigenvalue weighted by Gasteiger charge is -2.23.